The standard InChI is InChI=1S/C16H27NO2S/c1-3-9-17-16(12-20-11-15(19)10-18)14-7-5-13(4-2)6-8-14/h5-8,15-19H,3-4,9-12H2,1-2H3. The average molecular weight is 297 g/mol. The number of aliphatic hydroxyl groups is 2. The van der Waals surface area contributed by atoms with Gasteiger partial charge in [-0.2, -0.15) is 11.8 Å². The fourth-order valence-electron chi connectivity index (χ4n) is 1.95. The first-order chi connectivity index (χ1) is 9.71. The third kappa shape index (κ3) is 6.27. The minimum absolute atomic E-state index is 0.161. The third-order valence-electron chi connectivity index (χ3n) is 3.24. The van der Waals surface area contributed by atoms with Gasteiger partial charge < -0.3 is 15.5 Å². The number of rotatable bonds is 10. The highest BCUT2D eigenvalue weighted by Crippen LogP contribution is 2.20. The van der Waals surface area contributed by atoms with Gasteiger partial charge in [0, 0.05) is 17.5 Å². The van der Waals surface area contributed by atoms with Crippen LogP contribution in [0.25, 0.3) is 0 Å². The van der Waals surface area contributed by atoms with Crippen LogP contribution < -0.4 is 5.32 Å². The smallest absolute Gasteiger partial charge is 0.0861 e. The van der Waals surface area contributed by atoms with E-state index in [0.29, 0.717) is 11.8 Å². The molecule has 3 nitrogen and oxygen atoms in total. The molecule has 0 aliphatic heterocycles. The van der Waals surface area contributed by atoms with E-state index >= 15 is 0 Å². The second-order valence-electron chi connectivity index (χ2n) is 4.98. The lowest BCUT2D eigenvalue weighted by Gasteiger charge is -2.19. The number of aliphatic hydroxyl groups excluding tert-OH is 2. The molecule has 1 aromatic carbocycles. The van der Waals surface area contributed by atoms with Crippen LogP contribution in [-0.4, -0.2) is 41.0 Å². The van der Waals surface area contributed by atoms with Crippen LogP contribution >= 0.6 is 11.8 Å². The van der Waals surface area contributed by atoms with Crippen molar-refractivity contribution in [3.05, 3.63) is 35.4 Å². The lowest BCUT2D eigenvalue weighted by atomic mass is 10.0. The first-order valence-corrected chi connectivity index (χ1v) is 8.55. The monoisotopic (exact) mass is 297 g/mol. The number of aryl methyl sites for hydroxylation is 1. The van der Waals surface area contributed by atoms with E-state index in [-0.39, 0.29) is 6.61 Å². The normalized spacial score (nSPS) is 14.2. The summed E-state index contributed by atoms with van der Waals surface area (Å²) in [6.07, 6.45) is 1.55. The predicted octanol–water partition coefficient (Wildman–Crippen LogP) is 2.38. The Hall–Kier alpha value is -0.550. The Morgan fingerprint density at radius 2 is 1.85 bits per heavy atom. The van der Waals surface area contributed by atoms with Gasteiger partial charge in [-0.05, 0) is 30.5 Å². The molecule has 114 valence electrons. The average Bonchev–Trinajstić information content (AvgIpc) is 2.50. The molecule has 2 unspecified atom stereocenters. The van der Waals surface area contributed by atoms with Gasteiger partial charge >= 0.3 is 0 Å². The van der Waals surface area contributed by atoms with Gasteiger partial charge in [0.05, 0.1) is 12.7 Å². The zero-order chi connectivity index (χ0) is 14.8. The number of hydrogen-bond donors (Lipinski definition) is 3. The van der Waals surface area contributed by atoms with Gasteiger partial charge in [0.15, 0.2) is 0 Å². The molecule has 0 radical (unpaired) electrons. The molecule has 2 atom stereocenters. The van der Waals surface area contributed by atoms with E-state index in [1.807, 2.05) is 0 Å². The van der Waals surface area contributed by atoms with Gasteiger partial charge in [-0.15, -0.1) is 0 Å². The van der Waals surface area contributed by atoms with Crippen molar-refractivity contribution in [3.8, 4) is 0 Å². The molecule has 0 spiro atoms. The fraction of sp³-hybridized carbons (Fsp3) is 0.625. The Bertz CT molecular complexity index is 356. The Morgan fingerprint density at radius 1 is 1.15 bits per heavy atom. The zero-order valence-electron chi connectivity index (χ0n) is 12.5. The summed E-state index contributed by atoms with van der Waals surface area (Å²) in [7, 11) is 0. The summed E-state index contributed by atoms with van der Waals surface area (Å²) in [5, 5.41) is 21.8. The molecular formula is C16H27NO2S. The molecule has 0 amide bonds. The zero-order valence-corrected chi connectivity index (χ0v) is 13.3. The molecule has 0 aromatic heterocycles. The topological polar surface area (TPSA) is 52.5 Å². The molecule has 3 N–H and O–H groups in total. The highest BCUT2D eigenvalue weighted by atomic mass is 32.2. The van der Waals surface area contributed by atoms with Crippen LogP contribution in [0.4, 0.5) is 0 Å². The van der Waals surface area contributed by atoms with Crippen molar-refractivity contribution < 1.29 is 10.2 Å². The maximum absolute atomic E-state index is 9.39. The largest absolute Gasteiger partial charge is 0.394 e. The van der Waals surface area contributed by atoms with E-state index in [1.165, 1.54) is 11.1 Å². The molecular weight excluding hydrogens is 270 g/mol. The molecule has 0 bridgehead atoms. The molecule has 20 heavy (non-hydrogen) atoms. The molecule has 0 aliphatic carbocycles. The molecule has 1 rings (SSSR count). The number of nitrogens with one attached hydrogen (secondary N) is 1. The van der Waals surface area contributed by atoms with Crippen molar-refractivity contribution in [2.45, 2.75) is 38.8 Å². The van der Waals surface area contributed by atoms with Crippen LogP contribution in [0.2, 0.25) is 0 Å². The second kappa shape index (κ2) is 10.2. The molecule has 4 heteroatoms. The van der Waals surface area contributed by atoms with Crippen molar-refractivity contribution in [2.75, 3.05) is 24.7 Å². The molecule has 0 saturated heterocycles. The van der Waals surface area contributed by atoms with Gasteiger partial charge in [-0.3, -0.25) is 0 Å². The van der Waals surface area contributed by atoms with Gasteiger partial charge in [0.1, 0.15) is 0 Å². The van der Waals surface area contributed by atoms with Crippen molar-refractivity contribution in [3.63, 3.8) is 0 Å². The third-order valence-corrected chi connectivity index (χ3v) is 4.43. The van der Waals surface area contributed by atoms with E-state index in [0.717, 1.165) is 25.1 Å². The van der Waals surface area contributed by atoms with Crippen molar-refractivity contribution in [2.24, 2.45) is 0 Å². The summed E-state index contributed by atoms with van der Waals surface area (Å²) >= 11 is 1.68. The minimum atomic E-state index is -0.616. The van der Waals surface area contributed by atoms with Crippen LogP contribution in [0, 0.1) is 0 Å². The van der Waals surface area contributed by atoms with Crippen LogP contribution in [0.15, 0.2) is 24.3 Å². The van der Waals surface area contributed by atoms with Gasteiger partial charge in [0.25, 0.3) is 0 Å². The first-order valence-electron chi connectivity index (χ1n) is 7.40. The summed E-state index contributed by atoms with van der Waals surface area (Å²) in [6.45, 7) is 5.15. The summed E-state index contributed by atoms with van der Waals surface area (Å²) in [5.74, 6) is 1.48. The van der Waals surface area contributed by atoms with Crippen LogP contribution in [0.3, 0.4) is 0 Å². The molecule has 1 aromatic rings. The predicted molar refractivity (Wildman–Crippen MR) is 87.3 cm³/mol. The van der Waals surface area contributed by atoms with Gasteiger partial charge in [0.2, 0.25) is 0 Å². The van der Waals surface area contributed by atoms with Crippen molar-refractivity contribution >= 4 is 11.8 Å². The van der Waals surface area contributed by atoms with Crippen LogP contribution in [-0.2, 0) is 6.42 Å². The maximum Gasteiger partial charge on any atom is 0.0861 e. The van der Waals surface area contributed by atoms with E-state index in [1.54, 1.807) is 11.8 Å². The Kier molecular flexibility index (Phi) is 8.94. The van der Waals surface area contributed by atoms with E-state index in [9.17, 15) is 5.11 Å². The van der Waals surface area contributed by atoms with Gasteiger partial charge in [-0.1, -0.05) is 38.1 Å². The van der Waals surface area contributed by atoms with E-state index < -0.39 is 6.10 Å². The minimum Gasteiger partial charge on any atom is -0.394 e. The van der Waals surface area contributed by atoms with Crippen LogP contribution in [0.5, 0.6) is 0 Å². The summed E-state index contributed by atoms with van der Waals surface area (Å²) in [5.41, 5.74) is 2.65. The number of hydrogen-bond acceptors (Lipinski definition) is 4. The van der Waals surface area contributed by atoms with Gasteiger partial charge in [-0.25, -0.2) is 0 Å². The summed E-state index contributed by atoms with van der Waals surface area (Å²) in [6, 6.07) is 9.05. The van der Waals surface area contributed by atoms with Crippen molar-refractivity contribution in [1.82, 2.24) is 5.32 Å². The second-order valence-corrected chi connectivity index (χ2v) is 6.05. The fourth-order valence-corrected chi connectivity index (χ4v) is 3.01. The molecule has 0 fully saturated rings. The molecule has 0 heterocycles. The number of thioether (sulfide) groups is 1. The Labute approximate surface area is 126 Å². The van der Waals surface area contributed by atoms with E-state index in [2.05, 4.69) is 43.4 Å². The number of benzene rings is 1. The lowest BCUT2D eigenvalue weighted by molar-refractivity contribution is 0.113. The highest BCUT2D eigenvalue weighted by Gasteiger charge is 2.12. The highest BCUT2D eigenvalue weighted by molar-refractivity contribution is 7.99. The molecule has 0 saturated carbocycles. The summed E-state index contributed by atoms with van der Waals surface area (Å²) in [4.78, 5) is 0. The Morgan fingerprint density at radius 3 is 2.40 bits per heavy atom. The summed E-state index contributed by atoms with van der Waals surface area (Å²) < 4.78 is 0. The first kappa shape index (κ1) is 17.5. The SMILES string of the molecule is CCCNC(CSCC(O)CO)c1ccc(CC)cc1. The maximum atomic E-state index is 9.39. The quantitative estimate of drug-likeness (QED) is 0.621. The lowest BCUT2D eigenvalue weighted by Crippen LogP contribution is -2.25. The van der Waals surface area contributed by atoms with E-state index in [4.69, 9.17) is 5.11 Å². The van der Waals surface area contributed by atoms with Crippen molar-refractivity contribution in [1.29, 1.82) is 0 Å². The van der Waals surface area contributed by atoms with Crippen LogP contribution in [0.1, 0.15) is 37.4 Å². The Balaban J connectivity index is 2.57. The molecule has 0 aliphatic rings.